The molecule has 0 amide bonds. The Bertz CT molecular complexity index is 280. The second kappa shape index (κ2) is 6.82. The quantitative estimate of drug-likeness (QED) is 0.448. The predicted molar refractivity (Wildman–Crippen MR) is 58.9 cm³/mol. The first-order chi connectivity index (χ1) is 6.45. The Morgan fingerprint density at radius 1 is 1.43 bits per heavy atom. The number of sulfone groups is 1. The number of nitrogens with zero attached hydrogens (tertiary/aromatic N) is 1. The van der Waals surface area contributed by atoms with Crippen molar-refractivity contribution in [2.75, 3.05) is 45.2 Å². The Hall–Kier alpha value is -0.570. The second-order valence-corrected chi connectivity index (χ2v) is 5.57. The number of nitrogens with one attached hydrogen (secondary N) is 1. The summed E-state index contributed by atoms with van der Waals surface area (Å²) in [4.78, 5) is 1.96. The van der Waals surface area contributed by atoms with Crippen LogP contribution in [0.2, 0.25) is 0 Å². The van der Waals surface area contributed by atoms with Crippen LogP contribution in [0.4, 0.5) is 0 Å². The van der Waals surface area contributed by atoms with E-state index in [0.29, 0.717) is 13.1 Å². The smallest absolute Gasteiger partial charge is 0.148 e. The highest BCUT2D eigenvalue weighted by Crippen LogP contribution is 1.86. The summed E-state index contributed by atoms with van der Waals surface area (Å²) in [5.41, 5.74) is 0. The first-order valence-corrected chi connectivity index (χ1v) is 6.52. The average Bonchev–Trinajstić information content (AvgIpc) is 2.08. The second-order valence-electron chi connectivity index (χ2n) is 3.31. The minimum atomic E-state index is -2.85. The van der Waals surface area contributed by atoms with Crippen molar-refractivity contribution in [1.29, 1.82) is 0 Å². The van der Waals surface area contributed by atoms with Gasteiger partial charge in [0.05, 0.1) is 12.3 Å². The molecule has 0 radical (unpaired) electrons. The summed E-state index contributed by atoms with van der Waals surface area (Å²) < 4.78 is 21.7. The molecule has 5 heteroatoms. The first-order valence-electron chi connectivity index (χ1n) is 4.46. The molecule has 0 aliphatic carbocycles. The van der Waals surface area contributed by atoms with E-state index in [1.165, 1.54) is 6.26 Å². The van der Waals surface area contributed by atoms with E-state index in [9.17, 15) is 8.42 Å². The summed E-state index contributed by atoms with van der Waals surface area (Å²) >= 11 is 0. The van der Waals surface area contributed by atoms with Crippen molar-refractivity contribution < 1.29 is 8.42 Å². The van der Waals surface area contributed by atoms with Crippen molar-refractivity contribution in [1.82, 2.24) is 10.2 Å². The topological polar surface area (TPSA) is 49.4 Å². The van der Waals surface area contributed by atoms with Gasteiger partial charge in [-0.25, -0.2) is 8.42 Å². The monoisotopic (exact) mass is 218 g/mol. The minimum Gasteiger partial charge on any atom is -0.305 e. The predicted octanol–water partition coefficient (Wildman–Crippen LogP) is -0.814. The lowest BCUT2D eigenvalue weighted by atomic mass is 10.5. The van der Waals surface area contributed by atoms with Crippen LogP contribution in [-0.2, 0) is 9.84 Å². The maximum atomic E-state index is 10.8. The van der Waals surface area contributed by atoms with E-state index in [0.717, 1.165) is 13.1 Å². The molecule has 82 valence electrons. The molecule has 0 unspecified atom stereocenters. The van der Waals surface area contributed by atoms with Gasteiger partial charge in [-0.1, -0.05) is 5.92 Å². The molecule has 0 aliphatic rings. The van der Waals surface area contributed by atoms with Crippen LogP contribution in [0.5, 0.6) is 0 Å². The molecule has 4 nitrogen and oxygen atoms in total. The molecule has 0 saturated heterocycles. The summed E-state index contributed by atoms with van der Waals surface area (Å²) in [5, 5.41) is 3.04. The summed E-state index contributed by atoms with van der Waals surface area (Å²) in [7, 11) is -0.957. The molecule has 0 saturated carbocycles. The van der Waals surface area contributed by atoms with E-state index < -0.39 is 9.84 Å². The van der Waals surface area contributed by atoms with Gasteiger partial charge < -0.3 is 10.2 Å². The Labute approximate surface area is 86.6 Å². The summed E-state index contributed by atoms with van der Waals surface area (Å²) in [5.74, 6) is 2.68. The lowest BCUT2D eigenvalue weighted by molar-refractivity contribution is 0.352. The van der Waals surface area contributed by atoms with E-state index in [1.54, 1.807) is 0 Å². The number of likely N-dealkylation sites (N-methyl/N-ethyl adjacent to an activating group) is 1. The molecule has 0 aromatic heterocycles. The molecule has 0 bridgehead atoms. The van der Waals surface area contributed by atoms with E-state index in [4.69, 9.17) is 6.42 Å². The molecule has 0 aromatic rings. The van der Waals surface area contributed by atoms with E-state index >= 15 is 0 Å². The number of rotatable bonds is 7. The normalized spacial score (nSPS) is 11.6. The highest BCUT2D eigenvalue weighted by molar-refractivity contribution is 7.90. The lowest BCUT2D eigenvalue weighted by Crippen LogP contribution is -2.32. The van der Waals surface area contributed by atoms with Gasteiger partial charge in [-0.05, 0) is 7.05 Å². The van der Waals surface area contributed by atoms with Crippen LogP contribution in [-0.4, -0.2) is 58.6 Å². The summed E-state index contributed by atoms with van der Waals surface area (Å²) in [6.07, 6.45) is 6.30. The zero-order valence-electron chi connectivity index (χ0n) is 8.78. The maximum Gasteiger partial charge on any atom is 0.148 e. The van der Waals surface area contributed by atoms with Crippen LogP contribution >= 0.6 is 0 Å². The molecular weight excluding hydrogens is 200 g/mol. The largest absolute Gasteiger partial charge is 0.305 e. The van der Waals surface area contributed by atoms with Gasteiger partial charge >= 0.3 is 0 Å². The molecule has 1 N–H and O–H groups in total. The fraction of sp³-hybridized carbons (Fsp3) is 0.778. The third-order valence-electron chi connectivity index (χ3n) is 1.74. The highest BCUT2D eigenvalue weighted by Gasteiger charge is 2.04. The van der Waals surface area contributed by atoms with Crippen LogP contribution in [0, 0.1) is 12.3 Å². The third-order valence-corrected chi connectivity index (χ3v) is 2.67. The van der Waals surface area contributed by atoms with Crippen molar-refractivity contribution in [2.45, 2.75) is 0 Å². The SMILES string of the molecule is C#CCNCCN(C)CCS(C)(=O)=O. The van der Waals surface area contributed by atoms with Gasteiger partial charge in [0, 0.05) is 25.9 Å². The van der Waals surface area contributed by atoms with Gasteiger partial charge in [0.15, 0.2) is 0 Å². The van der Waals surface area contributed by atoms with E-state index in [2.05, 4.69) is 11.2 Å². The zero-order chi connectivity index (χ0) is 11.0. The Balaban J connectivity index is 3.47. The molecule has 0 aliphatic heterocycles. The van der Waals surface area contributed by atoms with Crippen molar-refractivity contribution in [2.24, 2.45) is 0 Å². The van der Waals surface area contributed by atoms with Crippen molar-refractivity contribution in [3.05, 3.63) is 0 Å². The van der Waals surface area contributed by atoms with Crippen LogP contribution < -0.4 is 5.32 Å². The Morgan fingerprint density at radius 2 is 2.07 bits per heavy atom. The Kier molecular flexibility index (Phi) is 6.54. The van der Waals surface area contributed by atoms with Crippen molar-refractivity contribution in [3.8, 4) is 12.3 Å². The molecule has 0 atom stereocenters. The molecule has 0 fully saturated rings. The van der Waals surface area contributed by atoms with Gasteiger partial charge in [0.2, 0.25) is 0 Å². The van der Waals surface area contributed by atoms with Gasteiger partial charge in [-0.3, -0.25) is 0 Å². The van der Waals surface area contributed by atoms with Gasteiger partial charge in [-0.2, -0.15) is 0 Å². The minimum absolute atomic E-state index is 0.207. The van der Waals surface area contributed by atoms with Gasteiger partial charge in [0.1, 0.15) is 9.84 Å². The van der Waals surface area contributed by atoms with E-state index in [1.807, 2.05) is 11.9 Å². The van der Waals surface area contributed by atoms with Crippen LogP contribution in [0.3, 0.4) is 0 Å². The molecule has 0 heterocycles. The molecule has 0 spiro atoms. The summed E-state index contributed by atoms with van der Waals surface area (Å²) in [6.45, 7) is 2.71. The maximum absolute atomic E-state index is 10.8. The third kappa shape index (κ3) is 9.52. The molecular formula is C9H18N2O2S. The first kappa shape index (κ1) is 13.4. The fourth-order valence-electron chi connectivity index (χ4n) is 0.864. The molecule has 14 heavy (non-hydrogen) atoms. The number of terminal acetylenes is 1. The molecule has 0 aromatic carbocycles. The van der Waals surface area contributed by atoms with Crippen LogP contribution in [0.15, 0.2) is 0 Å². The lowest BCUT2D eigenvalue weighted by Gasteiger charge is -2.15. The zero-order valence-corrected chi connectivity index (χ0v) is 9.60. The number of hydrogen-bond donors (Lipinski definition) is 1. The van der Waals surface area contributed by atoms with Crippen LogP contribution in [0.25, 0.3) is 0 Å². The average molecular weight is 218 g/mol. The van der Waals surface area contributed by atoms with E-state index in [-0.39, 0.29) is 5.75 Å². The van der Waals surface area contributed by atoms with Gasteiger partial charge in [-0.15, -0.1) is 6.42 Å². The highest BCUT2D eigenvalue weighted by atomic mass is 32.2. The van der Waals surface area contributed by atoms with Crippen molar-refractivity contribution >= 4 is 9.84 Å². The fourth-order valence-corrected chi connectivity index (χ4v) is 1.51. The van der Waals surface area contributed by atoms with Crippen molar-refractivity contribution in [3.63, 3.8) is 0 Å². The molecule has 0 rings (SSSR count). The van der Waals surface area contributed by atoms with Gasteiger partial charge in [0.25, 0.3) is 0 Å². The standard InChI is InChI=1S/C9H18N2O2S/c1-4-5-10-6-7-11(2)8-9-14(3,12)13/h1,10H,5-9H2,2-3H3. The van der Waals surface area contributed by atoms with Crippen LogP contribution in [0.1, 0.15) is 0 Å². The summed E-state index contributed by atoms with van der Waals surface area (Å²) in [6, 6.07) is 0. The number of hydrogen-bond acceptors (Lipinski definition) is 4. The Morgan fingerprint density at radius 3 is 2.57 bits per heavy atom.